The second-order valence-corrected chi connectivity index (χ2v) is 6.29. The van der Waals surface area contributed by atoms with Gasteiger partial charge in [-0.15, -0.1) is 11.3 Å². The van der Waals surface area contributed by atoms with Crippen LogP contribution in [0.1, 0.15) is 23.7 Å². The fraction of sp³-hybridized carbons (Fsp3) is 0.353. The van der Waals surface area contributed by atoms with Gasteiger partial charge in [0.15, 0.2) is 4.96 Å². The number of aromatic nitrogens is 2. The van der Waals surface area contributed by atoms with Crippen molar-refractivity contribution in [2.45, 2.75) is 32.7 Å². The summed E-state index contributed by atoms with van der Waals surface area (Å²) in [6.45, 7) is 5.33. The average molecular weight is 299 g/mol. The Hall–Kier alpha value is -1.65. The Morgan fingerprint density at radius 3 is 2.90 bits per heavy atom. The van der Waals surface area contributed by atoms with Gasteiger partial charge < -0.3 is 5.32 Å². The molecule has 0 fully saturated rings. The Kier molecular flexibility index (Phi) is 4.36. The van der Waals surface area contributed by atoms with Crippen molar-refractivity contribution in [3.63, 3.8) is 0 Å². The number of nitrogens with zero attached hydrogens (tertiary/aromatic N) is 2. The van der Waals surface area contributed by atoms with Gasteiger partial charge in [-0.05, 0) is 31.0 Å². The van der Waals surface area contributed by atoms with Gasteiger partial charge in [0, 0.05) is 30.2 Å². The summed E-state index contributed by atoms with van der Waals surface area (Å²) in [5.41, 5.74) is 3.96. The number of likely N-dealkylation sites (N-methyl/N-ethyl adjacent to an activating group) is 1. The largest absolute Gasteiger partial charge is 0.314 e. The molecule has 1 unspecified atom stereocenters. The van der Waals surface area contributed by atoms with E-state index in [0.29, 0.717) is 6.04 Å². The zero-order chi connectivity index (χ0) is 14.7. The van der Waals surface area contributed by atoms with E-state index >= 15 is 0 Å². The van der Waals surface area contributed by atoms with Gasteiger partial charge in [-0.2, -0.15) is 0 Å². The number of aryl methyl sites for hydroxylation is 1. The number of imidazole rings is 1. The third-order valence-corrected chi connectivity index (χ3v) is 4.59. The van der Waals surface area contributed by atoms with Gasteiger partial charge in [-0.3, -0.25) is 4.40 Å². The van der Waals surface area contributed by atoms with E-state index in [1.54, 1.807) is 11.3 Å². The molecule has 21 heavy (non-hydrogen) atoms. The third-order valence-electron chi connectivity index (χ3n) is 3.82. The lowest BCUT2D eigenvalue weighted by Gasteiger charge is -2.18. The predicted octanol–water partition coefficient (Wildman–Crippen LogP) is 3.47. The molecule has 0 saturated heterocycles. The molecule has 110 valence electrons. The summed E-state index contributed by atoms with van der Waals surface area (Å²) in [6, 6.07) is 9.07. The van der Waals surface area contributed by atoms with E-state index < -0.39 is 0 Å². The van der Waals surface area contributed by atoms with Crippen molar-refractivity contribution >= 4 is 16.3 Å². The Balaban J connectivity index is 1.75. The molecule has 1 atom stereocenters. The van der Waals surface area contributed by atoms with Gasteiger partial charge in [0.1, 0.15) is 0 Å². The summed E-state index contributed by atoms with van der Waals surface area (Å²) in [4.78, 5) is 5.78. The first kappa shape index (κ1) is 14.3. The van der Waals surface area contributed by atoms with Crippen LogP contribution in [0, 0.1) is 6.92 Å². The van der Waals surface area contributed by atoms with Crippen LogP contribution in [-0.4, -0.2) is 22.0 Å². The van der Waals surface area contributed by atoms with Crippen molar-refractivity contribution in [3.05, 3.63) is 58.9 Å². The molecular weight excluding hydrogens is 278 g/mol. The average Bonchev–Trinajstić information content (AvgIpc) is 3.02. The minimum Gasteiger partial charge on any atom is -0.314 e. The molecule has 0 aliphatic carbocycles. The number of hydrogen-bond acceptors (Lipinski definition) is 3. The molecule has 0 radical (unpaired) electrons. The third kappa shape index (κ3) is 3.34. The van der Waals surface area contributed by atoms with E-state index in [1.165, 1.54) is 16.8 Å². The molecule has 3 rings (SSSR count). The van der Waals surface area contributed by atoms with Crippen LogP contribution in [0.15, 0.2) is 42.0 Å². The summed E-state index contributed by atoms with van der Waals surface area (Å²) < 4.78 is 2.11. The first-order valence-electron chi connectivity index (χ1n) is 7.45. The molecule has 3 aromatic rings. The monoisotopic (exact) mass is 299 g/mol. The fourth-order valence-corrected chi connectivity index (χ4v) is 3.46. The second-order valence-electron chi connectivity index (χ2n) is 5.41. The summed E-state index contributed by atoms with van der Waals surface area (Å²) in [7, 11) is 0. The van der Waals surface area contributed by atoms with E-state index in [9.17, 15) is 0 Å². The quantitative estimate of drug-likeness (QED) is 0.755. The molecule has 2 heterocycles. The van der Waals surface area contributed by atoms with Crippen LogP contribution in [0.25, 0.3) is 4.96 Å². The number of fused-ring (bicyclic) bond motifs is 1. The van der Waals surface area contributed by atoms with Gasteiger partial charge in [0.25, 0.3) is 0 Å². The van der Waals surface area contributed by atoms with Crippen LogP contribution >= 0.6 is 11.3 Å². The molecule has 3 nitrogen and oxygen atoms in total. The van der Waals surface area contributed by atoms with E-state index in [4.69, 9.17) is 4.98 Å². The molecule has 1 N–H and O–H groups in total. The van der Waals surface area contributed by atoms with Crippen LogP contribution in [0.3, 0.4) is 0 Å². The number of benzene rings is 1. The molecule has 0 aliphatic heterocycles. The number of rotatable bonds is 6. The maximum absolute atomic E-state index is 4.70. The predicted molar refractivity (Wildman–Crippen MR) is 89.1 cm³/mol. The van der Waals surface area contributed by atoms with Crippen LogP contribution in [0.2, 0.25) is 0 Å². The normalized spacial score (nSPS) is 12.9. The highest BCUT2D eigenvalue weighted by atomic mass is 32.1. The van der Waals surface area contributed by atoms with Crippen molar-refractivity contribution < 1.29 is 0 Å². The number of nitrogens with one attached hydrogen (secondary N) is 1. The molecule has 0 aliphatic rings. The van der Waals surface area contributed by atoms with E-state index in [0.717, 1.165) is 24.3 Å². The highest BCUT2D eigenvalue weighted by Crippen LogP contribution is 2.15. The molecule has 0 saturated carbocycles. The highest BCUT2D eigenvalue weighted by molar-refractivity contribution is 7.15. The molecule has 4 heteroatoms. The second kappa shape index (κ2) is 6.41. The first-order chi connectivity index (χ1) is 10.3. The van der Waals surface area contributed by atoms with Crippen molar-refractivity contribution in [2.24, 2.45) is 0 Å². The number of hydrogen-bond donors (Lipinski definition) is 1. The zero-order valence-corrected chi connectivity index (χ0v) is 13.4. The van der Waals surface area contributed by atoms with Gasteiger partial charge in [0.05, 0.1) is 5.69 Å². The van der Waals surface area contributed by atoms with Crippen LogP contribution < -0.4 is 5.32 Å². The Morgan fingerprint density at radius 1 is 1.29 bits per heavy atom. The van der Waals surface area contributed by atoms with E-state index in [1.807, 2.05) is 0 Å². The Bertz CT molecular complexity index is 685. The van der Waals surface area contributed by atoms with Gasteiger partial charge in [-0.1, -0.05) is 31.2 Å². The summed E-state index contributed by atoms with van der Waals surface area (Å²) in [5.74, 6) is 0. The van der Waals surface area contributed by atoms with Crippen LogP contribution in [-0.2, 0) is 12.8 Å². The van der Waals surface area contributed by atoms with Crippen LogP contribution in [0.5, 0.6) is 0 Å². The minimum atomic E-state index is 0.431. The maximum Gasteiger partial charge on any atom is 0.193 e. The van der Waals surface area contributed by atoms with Crippen molar-refractivity contribution in [3.8, 4) is 0 Å². The maximum atomic E-state index is 4.70. The topological polar surface area (TPSA) is 29.3 Å². The molecule has 0 bridgehead atoms. The van der Waals surface area contributed by atoms with Gasteiger partial charge >= 0.3 is 0 Å². The Labute approximate surface area is 129 Å². The lowest BCUT2D eigenvalue weighted by molar-refractivity contribution is 0.516. The number of thiazole rings is 1. The Morgan fingerprint density at radius 2 is 2.14 bits per heavy atom. The van der Waals surface area contributed by atoms with E-state index in [2.05, 4.69) is 65.6 Å². The van der Waals surface area contributed by atoms with Crippen molar-refractivity contribution in [2.75, 3.05) is 6.54 Å². The molecular formula is C17H21N3S. The summed E-state index contributed by atoms with van der Waals surface area (Å²) in [6.07, 6.45) is 6.23. The molecule has 2 aromatic heterocycles. The van der Waals surface area contributed by atoms with E-state index in [-0.39, 0.29) is 0 Å². The lowest BCUT2D eigenvalue weighted by atomic mass is 9.98. The standard InChI is InChI=1S/C17H21N3S/c1-3-18-15(10-14-7-5-4-6-13(14)2)11-16-12-20-8-9-21-17(20)19-16/h4-9,12,15,18H,3,10-11H2,1-2H3. The van der Waals surface area contributed by atoms with Crippen LogP contribution in [0.4, 0.5) is 0 Å². The van der Waals surface area contributed by atoms with Gasteiger partial charge in [-0.25, -0.2) is 4.98 Å². The minimum absolute atomic E-state index is 0.431. The fourth-order valence-electron chi connectivity index (χ4n) is 2.74. The van der Waals surface area contributed by atoms with Crippen molar-refractivity contribution in [1.82, 2.24) is 14.7 Å². The lowest BCUT2D eigenvalue weighted by Crippen LogP contribution is -2.33. The smallest absolute Gasteiger partial charge is 0.193 e. The molecule has 1 aromatic carbocycles. The summed E-state index contributed by atoms with van der Waals surface area (Å²) in [5, 5.41) is 5.67. The highest BCUT2D eigenvalue weighted by Gasteiger charge is 2.13. The molecule has 0 amide bonds. The van der Waals surface area contributed by atoms with Crippen molar-refractivity contribution in [1.29, 1.82) is 0 Å². The SMILES string of the molecule is CCNC(Cc1cn2ccsc2n1)Cc1ccccc1C. The molecule has 0 spiro atoms. The van der Waals surface area contributed by atoms with Gasteiger partial charge in [0.2, 0.25) is 0 Å². The summed E-state index contributed by atoms with van der Waals surface area (Å²) >= 11 is 1.69. The zero-order valence-electron chi connectivity index (χ0n) is 12.5. The first-order valence-corrected chi connectivity index (χ1v) is 8.33.